The normalized spacial score (nSPS) is 52.1. The Balaban J connectivity index is 2.19. The van der Waals surface area contributed by atoms with E-state index in [4.69, 9.17) is 0 Å². The summed E-state index contributed by atoms with van der Waals surface area (Å²) < 4.78 is 0. The Morgan fingerprint density at radius 2 is 1.89 bits per heavy atom. The molecule has 0 aromatic rings. The molecule has 19 heavy (non-hydrogen) atoms. The zero-order valence-corrected chi connectivity index (χ0v) is 11.3. The van der Waals surface area contributed by atoms with Gasteiger partial charge >= 0.3 is 0 Å². The molecule has 4 rings (SSSR count). The summed E-state index contributed by atoms with van der Waals surface area (Å²) >= 11 is 0. The minimum Gasteiger partial charge on any atom is -0.411 e. The Hall–Kier alpha value is -1.36. The third-order valence-electron chi connectivity index (χ3n) is 5.85. The Morgan fingerprint density at radius 3 is 2.42 bits per heavy atom. The highest BCUT2D eigenvalue weighted by molar-refractivity contribution is 6.13. The van der Waals surface area contributed by atoms with Gasteiger partial charge in [0.15, 0.2) is 0 Å². The fraction of sp³-hybridized carbons (Fsp3) is 0.714. The molecule has 4 aliphatic carbocycles. The van der Waals surface area contributed by atoms with E-state index >= 15 is 0 Å². The molecule has 0 heterocycles. The summed E-state index contributed by atoms with van der Waals surface area (Å²) in [4.78, 5) is 0. The standard InChI is InChI=1S/C14H20N2O3/c1-7(2)14-5-8-4-10(13(14,3)17)12(16-19)9(6-14)11(8)15-18/h8-10,17-19H,1,4-6H2,2-3H3/b15-11-,16-12+. The third-order valence-corrected chi connectivity index (χ3v) is 5.85. The second-order valence-corrected chi connectivity index (χ2v) is 6.51. The van der Waals surface area contributed by atoms with Crippen LogP contribution in [0.15, 0.2) is 22.5 Å². The van der Waals surface area contributed by atoms with E-state index in [1.165, 1.54) is 0 Å². The maximum Gasteiger partial charge on any atom is 0.0794 e. The predicted molar refractivity (Wildman–Crippen MR) is 70.6 cm³/mol. The zero-order valence-electron chi connectivity index (χ0n) is 11.3. The van der Waals surface area contributed by atoms with Crippen LogP contribution in [0.1, 0.15) is 33.1 Å². The third kappa shape index (κ3) is 1.24. The van der Waals surface area contributed by atoms with Gasteiger partial charge in [-0.15, -0.1) is 0 Å². The fourth-order valence-electron chi connectivity index (χ4n) is 4.79. The predicted octanol–water partition coefficient (Wildman–Crippen LogP) is 2.02. The van der Waals surface area contributed by atoms with E-state index in [1.54, 1.807) is 0 Å². The van der Waals surface area contributed by atoms with Crippen LogP contribution in [0.2, 0.25) is 0 Å². The van der Waals surface area contributed by atoms with Gasteiger partial charge in [0, 0.05) is 23.2 Å². The number of oxime groups is 2. The van der Waals surface area contributed by atoms with Crippen LogP contribution in [0.4, 0.5) is 0 Å². The van der Waals surface area contributed by atoms with E-state index in [1.807, 2.05) is 13.8 Å². The Morgan fingerprint density at radius 1 is 1.26 bits per heavy atom. The van der Waals surface area contributed by atoms with Crippen LogP contribution in [-0.4, -0.2) is 32.5 Å². The molecule has 0 radical (unpaired) electrons. The molecule has 3 N–H and O–H groups in total. The lowest BCUT2D eigenvalue weighted by molar-refractivity contribution is -0.136. The molecule has 0 saturated heterocycles. The highest BCUT2D eigenvalue weighted by Crippen LogP contribution is 2.64. The molecule has 5 heteroatoms. The van der Waals surface area contributed by atoms with Gasteiger partial charge in [0.05, 0.1) is 17.0 Å². The van der Waals surface area contributed by atoms with E-state index < -0.39 is 5.60 Å². The maximum atomic E-state index is 11.0. The molecule has 0 aliphatic heterocycles. The molecule has 5 unspecified atom stereocenters. The smallest absolute Gasteiger partial charge is 0.0794 e. The van der Waals surface area contributed by atoms with Crippen molar-refractivity contribution in [2.45, 2.75) is 38.7 Å². The lowest BCUT2D eigenvalue weighted by atomic mass is 9.41. The number of nitrogens with zero attached hydrogens (tertiary/aromatic N) is 2. The fourth-order valence-corrected chi connectivity index (χ4v) is 4.79. The molecule has 5 atom stereocenters. The summed E-state index contributed by atoms with van der Waals surface area (Å²) in [5, 5.41) is 36.4. The van der Waals surface area contributed by atoms with Gasteiger partial charge in [-0.1, -0.05) is 22.5 Å². The highest BCUT2D eigenvalue weighted by Gasteiger charge is 2.68. The van der Waals surface area contributed by atoms with Gasteiger partial charge in [-0.2, -0.15) is 0 Å². The number of aliphatic hydroxyl groups is 1. The van der Waals surface area contributed by atoms with Crippen molar-refractivity contribution in [1.82, 2.24) is 0 Å². The van der Waals surface area contributed by atoms with Crippen molar-refractivity contribution < 1.29 is 15.5 Å². The van der Waals surface area contributed by atoms with Gasteiger partial charge in [-0.25, -0.2) is 0 Å². The topological polar surface area (TPSA) is 85.4 Å². The summed E-state index contributed by atoms with van der Waals surface area (Å²) in [5.74, 6) is -0.196. The van der Waals surface area contributed by atoms with Crippen LogP contribution in [-0.2, 0) is 0 Å². The molecule has 0 aromatic carbocycles. The van der Waals surface area contributed by atoms with Gasteiger partial charge in [0.1, 0.15) is 0 Å². The zero-order chi connectivity index (χ0) is 14.0. The minimum atomic E-state index is -0.950. The number of rotatable bonds is 1. The van der Waals surface area contributed by atoms with Gasteiger partial charge in [0.25, 0.3) is 0 Å². The van der Waals surface area contributed by atoms with Crippen molar-refractivity contribution in [3.05, 3.63) is 12.2 Å². The molecule has 4 bridgehead atoms. The number of hydrogen-bond acceptors (Lipinski definition) is 5. The largest absolute Gasteiger partial charge is 0.411 e. The van der Waals surface area contributed by atoms with Crippen LogP contribution in [0.3, 0.4) is 0 Å². The van der Waals surface area contributed by atoms with E-state index in [9.17, 15) is 15.5 Å². The van der Waals surface area contributed by atoms with E-state index in [0.717, 1.165) is 12.0 Å². The molecule has 5 nitrogen and oxygen atoms in total. The second kappa shape index (κ2) is 3.60. The first-order chi connectivity index (χ1) is 8.89. The lowest BCUT2D eigenvalue weighted by Gasteiger charge is -2.64. The molecule has 4 saturated carbocycles. The summed E-state index contributed by atoms with van der Waals surface area (Å²) in [6.07, 6.45) is 2.05. The van der Waals surface area contributed by atoms with Gasteiger partial charge < -0.3 is 15.5 Å². The first-order valence-corrected chi connectivity index (χ1v) is 6.71. The number of hydrogen-bond donors (Lipinski definition) is 3. The van der Waals surface area contributed by atoms with Crippen molar-refractivity contribution in [2.24, 2.45) is 33.5 Å². The summed E-state index contributed by atoms with van der Waals surface area (Å²) in [6, 6.07) is 0. The minimum absolute atomic E-state index is 0.149. The Bertz CT molecular complexity index is 509. The summed E-state index contributed by atoms with van der Waals surface area (Å²) in [5.41, 5.74) is 0.912. The van der Waals surface area contributed by atoms with Crippen molar-refractivity contribution >= 4 is 11.4 Å². The Labute approximate surface area is 112 Å². The molecule has 104 valence electrons. The molecule has 0 aromatic heterocycles. The lowest BCUT2D eigenvalue weighted by Crippen LogP contribution is -2.69. The Kier molecular flexibility index (Phi) is 2.40. The van der Waals surface area contributed by atoms with E-state index in [-0.39, 0.29) is 23.2 Å². The summed E-state index contributed by atoms with van der Waals surface area (Å²) in [7, 11) is 0. The van der Waals surface area contributed by atoms with Crippen LogP contribution in [0.5, 0.6) is 0 Å². The van der Waals surface area contributed by atoms with Crippen LogP contribution >= 0.6 is 0 Å². The monoisotopic (exact) mass is 264 g/mol. The van der Waals surface area contributed by atoms with Crippen LogP contribution < -0.4 is 0 Å². The first-order valence-electron chi connectivity index (χ1n) is 6.71. The van der Waals surface area contributed by atoms with Crippen LogP contribution in [0.25, 0.3) is 0 Å². The highest BCUT2D eigenvalue weighted by atomic mass is 16.4. The van der Waals surface area contributed by atoms with E-state index in [2.05, 4.69) is 16.9 Å². The molecule has 4 aliphatic rings. The van der Waals surface area contributed by atoms with Crippen LogP contribution in [0, 0.1) is 23.2 Å². The SMILES string of the molecule is C=C(C)C12CC3CC(/C(=N/O)C(C1)/C3=N\O)C2(C)O. The van der Waals surface area contributed by atoms with Crippen molar-refractivity contribution in [3.8, 4) is 0 Å². The molecule has 0 spiro atoms. The van der Waals surface area contributed by atoms with Gasteiger partial charge in [0.2, 0.25) is 0 Å². The first kappa shape index (κ1) is 12.7. The van der Waals surface area contributed by atoms with Crippen molar-refractivity contribution in [2.75, 3.05) is 0 Å². The molecular formula is C14H20N2O3. The summed E-state index contributed by atoms with van der Waals surface area (Å²) in [6.45, 7) is 7.85. The van der Waals surface area contributed by atoms with Crippen molar-refractivity contribution in [3.63, 3.8) is 0 Å². The van der Waals surface area contributed by atoms with E-state index in [0.29, 0.717) is 24.3 Å². The average molecular weight is 264 g/mol. The van der Waals surface area contributed by atoms with Crippen molar-refractivity contribution in [1.29, 1.82) is 0 Å². The molecule has 0 amide bonds. The quantitative estimate of drug-likeness (QED) is 0.385. The maximum absolute atomic E-state index is 11.0. The second-order valence-electron chi connectivity index (χ2n) is 6.51. The molecular weight excluding hydrogens is 244 g/mol. The van der Waals surface area contributed by atoms with Gasteiger partial charge in [-0.05, 0) is 33.1 Å². The average Bonchev–Trinajstić information content (AvgIpc) is 2.34. The molecule has 4 fully saturated rings. The van der Waals surface area contributed by atoms with Gasteiger partial charge in [-0.3, -0.25) is 0 Å².